The second-order valence-electron chi connectivity index (χ2n) is 3.43. The van der Waals surface area contributed by atoms with Crippen LogP contribution in [0.15, 0.2) is 24.3 Å². The van der Waals surface area contributed by atoms with Crippen LogP contribution in [0.5, 0.6) is 0 Å². The molecule has 1 aliphatic rings. The molecule has 0 aliphatic heterocycles. The third kappa shape index (κ3) is 4.30. The van der Waals surface area contributed by atoms with Crippen molar-refractivity contribution in [3.05, 3.63) is 35.6 Å². The van der Waals surface area contributed by atoms with E-state index < -0.39 is 5.43 Å². The minimum Gasteiger partial charge on any atom is -0.469 e. The Hall–Kier alpha value is -1.09. The molecule has 0 radical (unpaired) electrons. The summed E-state index contributed by atoms with van der Waals surface area (Å²) in [5.74, 6) is 0.587. The van der Waals surface area contributed by atoms with Crippen LogP contribution in [0.25, 0.3) is 0 Å². The zero-order valence-corrected chi connectivity index (χ0v) is 8.88. The van der Waals surface area contributed by atoms with Crippen molar-refractivity contribution in [1.29, 1.82) is 0 Å². The molecular formula is C11H12ClFO2. The van der Waals surface area contributed by atoms with Crippen LogP contribution in [0.4, 0.5) is 9.18 Å². The lowest BCUT2D eigenvalue weighted by Crippen LogP contribution is -2.08. The normalized spacial score (nSPS) is 14.8. The lowest BCUT2D eigenvalue weighted by molar-refractivity contribution is 0.220. The van der Waals surface area contributed by atoms with E-state index in [9.17, 15) is 4.39 Å². The van der Waals surface area contributed by atoms with Crippen LogP contribution in [0.1, 0.15) is 30.7 Å². The van der Waals surface area contributed by atoms with Crippen molar-refractivity contribution >= 4 is 17.0 Å². The van der Waals surface area contributed by atoms with Crippen molar-refractivity contribution in [2.24, 2.45) is 0 Å². The molecule has 0 heterocycles. The SMILES string of the molecule is Fc1ccc(C2CCC2)cc1.O=C(O)Cl. The second-order valence-corrected chi connectivity index (χ2v) is 3.76. The highest BCUT2D eigenvalue weighted by Gasteiger charge is 2.18. The topological polar surface area (TPSA) is 37.3 Å². The van der Waals surface area contributed by atoms with Crippen molar-refractivity contribution < 1.29 is 14.3 Å². The van der Waals surface area contributed by atoms with Gasteiger partial charge >= 0.3 is 5.43 Å². The molecule has 1 N–H and O–H groups in total. The van der Waals surface area contributed by atoms with E-state index in [4.69, 9.17) is 9.90 Å². The van der Waals surface area contributed by atoms with Crippen molar-refractivity contribution in [1.82, 2.24) is 0 Å². The van der Waals surface area contributed by atoms with Crippen molar-refractivity contribution in [2.75, 3.05) is 0 Å². The van der Waals surface area contributed by atoms with Gasteiger partial charge < -0.3 is 5.11 Å². The molecule has 0 bridgehead atoms. The van der Waals surface area contributed by atoms with Gasteiger partial charge in [0.15, 0.2) is 0 Å². The molecule has 0 spiro atoms. The van der Waals surface area contributed by atoms with Gasteiger partial charge in [0, 0.05) is 11.6 Å². The summed E-state index contributed by atoms with van der Waals surface area (Å²) in [6, 6.07) is 6.90. The van der Waals surface area contributed by atoms with Crippen LogP contribution >= 0.6 is 11.6 Å². The summed E-state index contributed by atoms with van der Waals surface area (Å²) < 4.78 is 12.5. The van der Waals surface area contributed by atoms with Crippen LogP contribution in [0.2, 0.25) is 0 Å². The third-order valence-corrected chi connectivity index (χ3v) is 2.45. The van der Waals surface area contributed by atoms with Gasteiger partial charge in [-0.2, -0.15) is 0 Å². The number of carbonyl (C=O) groups is 1. The van der Waals surface area contributed by atoms with E-state index in [0.29, 0.717) is 0 Å². The molecule has 0 unspecified atom stereocenters. The van der Waals surface area contributed by atoms with Crippen LogP contribution in [0.3, 0.4) is 0 Å². The molecule has 1 aromatic rings. The Kier molecular flexibility index (Phi) is 4.56. The lowest BCUT2D eigenvalue weighted by Gasteiger charge is -2.25. The fourth-order valence-corrected chi connectivity index (χ4v) is 1.48. The average Bonchev–Trinajstić information content (AvgIpc) is 2.04. The zero-order chi connectivity index (χ0) is 11.3. The molecular weight excluding hydrogens is 219 g/mol. The molecule has 82 valence electrons. The van der Waals surface area contributed by atoms with Gasteiger partial charge in [0.1, 0.15) is 5.82 Å². The van der Waals surface area contributed by atoms with E-state index in [1.54, 1.807) is 12.1 Å². The van der Waals surface area contributed by atoms with Gasteiger partial charge in [0.05, 0.1) is 0 Å². The number of carboxylic acid groups (broad SMARTS) is 1. The number of halogens is 2. The van der Waals surface area contributed by atoms with E-state index in [2.05, 4.69) is 11.6 Å². The molecule has 2 rings (SSSR count). The fourth-order valence-electron chi connectivity index (χ4n) is 1.48. The minimum absolute atomic E-state index is 0.131. The van der Waals surface area contributed by atoms with E-state index in [1.165, 1.54) is 24.8 Å². The summed E-state index contributed by atoms with van der Waals surface area (Å²) in [6.07, 6.45) is 3.90. The monoisotopic (exact) mass is 230 g/mol. The van der Waals surface area contributed by atoms with Crippen molar-refractivity contribution in [3.8, 4) is 0 Å². The molecule has 0 amide bonds. The standard InChI is InChI=1S/C10H11F.CHClO2/c11-10-6-4-9(5-7-10)8-2-1-3-8;2-1(3)4/h4-8H,1-3H2;(H,3,4). The summed E-state index contributed by atoms with van der Waals surface area (Å²) in [4.78, 5) is 8.77. The van der Waals surface area contributed by atoms with E-state index >= 15 is 0 Å². The quantitative estimate of drug-likeness (QED) is 0.741. The Morgan fingerprint density at radius 1 is 1.33 bits per heavy atom. The first-order valence-electron chi connectivity index (χ1n) is 4.73. The Balaban J connectivity index is 0.000000245. The van der Waals surface area contributed by atoms with Gasteiger partial charge in [-0.05, 0) is 36.5 Å². The van der Waals surface area contributed by atoms with Crippen LogP contribution in [-0.2, 0) is 0 Å². The Labute approximate surface area is 92.7 Å². The predicted octanol–water partition coefficient (Wildman–Crippen LogP) is 4.00. The van der Waals surface area contributed by atoms with Gasteiger partial charge in [-0.25, -0.2) is 9.18 Å². The Morgan fingerprint density at radius 2 is 1.80 bits per heavy atom. The molecule has 0 atom stereocenters. The summed E-state index contributed by atoms with van der Waals surface area (Å²) in [5.41, 5.74) is -0.0577. The van der Waals surface area contributed by atoms with Gasteiger partial charge in [-0.15, -0.1) is 0 Å². The van der Waals surface area contributed by atoms with E-state index in [1.807, 2.05) is 12.1 Å². The lowest BCUT2D eigenvalue weighted by atomic mass is 9.80. The van der Waals surface area contributed by atoms with E-state index in [-0.39, 0.29) is 5.82 Å². The molecule has 0 aromatic heterocycles. The number of rotatable bonds is 1. The highest BCUT2D eigenvalue weighted by Crippen LogP contribution is 2.35. The van der Waals surface area contributed by atoms with Crippen LogP contribution in [0, 0.1) is 5.82 Å². The van der Waals surface area contributed by atoms with Crippen molar-refractivity contribution in [2.45, 2.75) is 25.2 Å². The first-order valence-corrected chi connectivity index (χ1v) is 5.11. The Bertz CT molecular complexity index is 316. The first kappa shape index (κ1) is 12.0. The van der Waals surface area contributed by atoms with Gasteiger partial charge in [0.2, 0.25) is 0 Å². The smallest absolute Gasteiger partial charge is 0.401 e. The highest BCUT2D eigenvalue weighted by atomic mass is 35.5. The third-order valence-electron chi connectivity index (χ3n) is 2.45. The number of hydrogen-bond acceptors (Lipinski definition) is 1. The summed E-state index contributed by atoms with van der Waals surface area (Å²) in [6.45, 7) is 0. The molecule has 1 aliphatic carbocycles. The summed E-state index contributed by atoms with van der Waals surface area (Å²) in [5, 5.41) is 7.18. The predicted molar refractivity (Wildman–Crippen MR) is 56.9 cm³/mol. The highest BCUT2D eigenvalue weighted by molar-refractivity contribution is 6.60. The molecule has 1 aromatic carbocycles. The van der Waals surface area contributed by atoms with Crippen molar-refractivity contribution in [3.63, 3.8) is 0 Å². The molecule has 4 heteroatoms. The molecule has 2 nitrogen and oxygen atoms in total. The largest absolute Gasteiger partial charge is 0.469 e. The maximum absolute atomic E-state index is 12.5. The Morgan fingerprint density at radius 3 is 2.13 bits per heavy atom. The second kappa shape index (κ2) is 5.71. The summed E-state index contributed by atoms with van der Waals surface area (Å²) >= 11 is 4.19. The zero-order valence-electron chi connectivity index (χ0n) is 8.12. The van der Waals surface area contributed by atoms with E-state index in [0.717, 1.165) is 5.92 Å². The molecule has 0 saturated heterocycles. The van der Waals surface area contributed by atoms with Gasteiger partial charge in [0.25, 0.3) is 0 Å². The molecule has 15 heavy (non-hydrogen) atoms. The van der Waals surface area contributed by atoms with Crippen LogP contribution < -0.4 is 0 Å². The summed E-state index contributed by atoms with van der Waals surface area (Å²) in [7, 11) is 0. The molecule has 1 fully saturated rings. The minimum atomic E-state index is -1.36. The number of benzene rings is 1. The average molecular weight is 231 g/mol. The van der Waals surface area contributed by atoms with Gasteiger partial charge in [-0.1, -0.05) is 18.6 Å². The first-order chi connectivity index (χ1) is 7.09. The maximum Gasteiger partial charge on any atom is 0.401 e. The van der Waals surface area contributed by atoms with Gasteiger partial charge in [-0.3, -0.25) is 0 Å². The maximum atomic E-state index is 12.5. The molecule has 1 saturated carbocycles. The number of hydrogen-bond donors (Lipinski definition) is 1. The van der Waals surface area contributed by atoms with Crippen LogP contribution in [-0.4, -0.2) is 10.5 Å². The fraction of sp³-hybridized carbons (Fsp3) is 0.364.